The highest BCUT2D eigenvalue weighted by Gasteiger charge is 2.31. The van der Waals surface area contributed by atoms with Crippen molar-refractivity contribution in [3.8, 4) is 0 Å². The van der Waals surface area contributed by atoms with Crippen LogP contribution in [-0.4, -0.2) is 61.8 Å². The van der Waals surface area contributed by atoms with Gasteiger partial charge in [-0.2, -0.15) is 0 Å². The maximum absolute atomic E-state index is 13.0. The van der Waals surface area contributed by atoms with Crippen molar-refractivity contribution in [3.05, 3.63) is 35.9 Å². The molecule has 0 aromatic heterocycles. The monoisotopic (exact) mass is 481 g/mol. The van der Waals surface area contributed by atoms with Crippen molar-refractivity contribution in [3.63, 3.8) is 0 Å². The summed E-state index contributed by atoms with van der Waals surface area (Å²) in [5.41, 5.74) is 1.68. The van der Waals surface area contributed by atoms with Crippen LogP contribution in [0.3, 0.4) is 0 Å². The predicted molar refractivity (Wildman–Crippen MR) is 136 cm³/mol. The van der Waals surface area contributed by atoms with Gasteiger partial charge in [-0.3, -0.25) is 9.59 Å². The Morgan fingerprint density at radius 3 is 2.71 bits per heavy atom. The number of nitrogens with one attached hydrogen (secondary N) is 1. The van der Waals surface area contributed by atoms with Gasteiger partial charge in [0.2, 0.25) is 5.91 Å². The first-order valence-corrected chi connectivity index (χ1v) is 12.3. The minimum Gasteiger partial charge on any atom is -0.444 e. The van der Waals surface area contributed by atoms with E-state index in [1.807, 2.05) is 51.1 Å². The number of nitrogens with zero attached hydrogens (tertiary/aromatic N) is 2. The fourth-order valence-electron chi connectivity index (χ4n) is 4.93. The molecule has 0 aliphatic carbocycles. The molecule has 1 atom stereocenters. The zero-order valence-electron chi connectivity index (χ0n) is 21.1. The molecule has 0 bridgehead atoms. The molecule has 0 saturated carbocycles. The molecule has 2 heterocycles. The third-order valence-corrected chi connectivity index (χ3v) is 6.43. The predicted octanol–water partition coefficient (Wildman–Crippen LogP) is 4.81. The highest BCUT2D eigenvalue weighted by molar-refractivity contribution is 6.27. The van der Waals surface area contributed by atoms with Gasteiger partial charge in [-0.25, -0.2) is 4.79 Å². The van der Waals surface area contributed by atoms with Gasteiger partial charge in [-0.15, -0.1) is 0 Å². The Morgan fingerprint density at radius 1 is 1.17 bits per heavy atom. The summed E-state index contributed by atoms with van der Waals surface area (Å²) in [4.78, 5) is 41.9. The van der Waals surface area contributed by atoms with Crippen LogP contribution in [0.4, 0.5) is 16.2 Å². The molecule has 2 aliphatic rings. The van der Waals surface area contributed by atoms with Crippen LogP contribution < -0.4 is 10.2 Å². The molecule has 1 fully saturated rings. The normalized spacial score (nSPS) is 17.7. The van der Waals surface area contributed by atoms with E-state index in [2.05, 4.69) is 5.32 Å². The zero-order chi connectivity index (χ0) is 25.2. The summed E-state index contributed by atoms with van der Waals surface area (Å²) in [6.07, 6.45) is 2.48. The Bertz CT molecular complexity index is 1120. The number of anilines is 2. The van der Waals surface area contributed by atoms with E-state index < -0.39 is 5.60 Å². The summed E-state index contributed by atoms with van der Waals surface area (Å²) in [6.45, 7) is 7.88. The fraction of sp³-hybridized carbons (Fsp3) is 0.519. The number of benzene rings is 2. The van der Waals surface area contributed by atoms with Crippen molar-refractivity contribution in [2.24, 2.45) is 5.92 Å². The summed E-state index contributed by atoms with van der Waals surface area (Å²) in [5.74, 6) is -0.0384. The number of hydrogen-bond donors (Lipinski definition) is 1. The van der Waals surface area contributed by atoms with Crippen LogP contribution in [0.1, 0.15) is 56.8 Å². The van der Waals surface area contributed by atoms with E-state index in [1.54, 1.807) is 16.9 Å². The second-order valence-corrected chi connectivity index (χ2v) is 10.4. The SMILES string of the molecule is COCCCN1C(=O)c2cccc3c(NC(=O)CC4CCCN(C(=O)OC(C)(C)C)C4)ccc1c23. The molecular formula is C27H35N3O5. The first-order chi connectivity index (χ1) is 16.7. The van der Waals surface area contributed by atoms with Crippen LogP contribution in [-0.2, 0) is 14.3 Å². The smallest absolute Gasteiger partial charge is 0.410 e. The quantitative estimate of drug-likeness (QED) is 0.573. The van der Waals surface area contributed by atoms with Crippen molar-refractivity contribution in [2.45, 2.75) is 52.1 Å². The first-order valence-electron chi connectivity index (χ1n) is 12.3. The average Bonchev–Trinajstić information content (AvgIpc) is 3.07. The van der Waals surface area contributed by atoms with Crippen LogP contribution in [0.2, 0.25) is 0 Å². The standard InChI is InChI=1S/C27H35N3O5/c1-27(2,3)35-26(33)29-13-6-8-18(17-29)16-23(31)28-21-11-12-22-24-19(21)9-5-10-20(24)25(32)30(22)14-7-15-34-4/h5,9-12,18H,6-8,13-17H2,1-4H3,(H,28,31). The highest BCUT2D eigenvalue weighted by atomic mass is 16.6. The molecule has 0 spiro atoms. The lowest BCUT2D eigenvalue weighted by Gasteiger charge is -2.34. The van der Waals surface area contributed by atoms with Crippen molar-refractivity contribution < 1.29 is 23.9 Å². The third kappa shape index (κ3) is 5.59. The summed E-state index contributed by atoms with van der Waals surface area (Å²) >= 11 is 0. The van der Waals surface area contributed by atoms with E-state index in [0.29, 0.717) is 43.9 Å². The van der Waals surface area contributed by atoms with Crippen LogP contribution in [0.5, 0.6) is 0 Å². The number of amides is 3. The molecule has 8 nitrogen and oxygen atoms in total. The van der Waals surface area contributed by atoms with Crippen molar-refractivity contribution in [1.29, 1.82) is 0 Å². The van der Waals surface area contributed by atoms with E-state index in [9.17, 15) is 14.4 Å². The van der Waals surface area contributed by atoms with Gasteiger partial charge in [0.05, 0.1) is 5.69 Å². The van der Waals surface area contributed by atoms with Crippen molar-refractivity contribution in [2.75, 3.05) is 43.6 Å². The van der Waals surface area contributed by atoms with Gasteiger partial charge in [0.15, 0.2) is 0 Å². The highest BCUT2D eigenvalue weighted by Crippen LogP contribution is 2.40. The van der Waals surface area contributed by atoms with E-state index in [1.165, 1.54) is 0 Å². The molecule has 2 aromatic carbocycles. The average molecular weight is 482 g/mol. The second-order valence-electron chi connectivity index (χ2n) is 10.4. The molecule has 0 radical (unpaired) electrons. The number of carbonyl (C=O) groups is 3. The van der Waals surface area contributed by atoms with Gasteiger partial charge >= 0.3 is 6.09 Å². The number of piperidine rings is 1. The number of hydrogen-bond acceptors (Lipinski definition) is 5. The van der Waals surface area contributed by atoms with E-state index in [-0.39, 0.29) is 23.8 Å². The summed E-state index contributed by atoms with van der Waals surface area (Å²) < 4.78 is 10.6. The third-order valence-electron chi connectivity index (χ3n) is 6.43. The maximum atomic E-state index is 13.0. The number of rotatable bonds is 7. The molecular weight excluding hydrogens is 446 g/mol. The Morgan fingerprint density at radius 2 is 1.97 bits per heavy atom. The number of carbonyl (C=O) groups excluding carboxylic acids is 3. The lowest BCUT2D eigenvalue weighted by molar-refractivity contribution is -0.117. The van der Waals surface area contributed by atoms with Crippen LogP contribution >= 0.6 is 0 Å². The summed E-state index contributed by atoms with van der Waals surface area (Å²) in [6, 6.07) is 9.41. The topological polar surface area (TPSA) is 88.2 Å². The van der Waals surface area contributed by atoms with E-state index >= 15 is 0 Å². The van der Waals surface area contributed by atoms with Crippen LogP contribution in [0, 0.1) is 5.92 Å². The van der Waals surface area contributed by atoms with E-state index in [4.69, 9.17) is 9.47 Å². The molecule has 1 N–H and O–H groups in total. The van der Waals surface area contributed by atoms with Gasteiger partial charge < -0.3 is 24.6 Å². The van der Waals surface area contributed by atoms with Crippen molar-refractivity contribution >= 4 is 40.1 Å². The fourth-order valence-corrected chi connectivity index (χ4v) is 4.93. The Hall–Kier alpha value is -3.13. The molecule has 2 aliphatic heterocycles. The van der Waals surface area contributed by atoms with Gasteiger partial charge in [0.1, 0.15) is 5.60 Å². The minimum absolute atomic E-state index is 0.0189. The minimum atomic E-state index is -0.544. The molecule has 4 rings (SSSR count). The molecule has 1 saturated heterocycles. The molecule has 2 aromatic rings. The molecule has 35 heavy (non-hydrogen) atoms. The lowest BCUT2D eigenvalue weighted by Crippen LogP contribution is -2.43. The zero-order valence-corrected chi connectivity index (χ0v) is 21.1. The Labute approximate surface area is 206 Å². The van der Waals surface area contributed by atoms with E-state index in [0.717, 1.165) is 35.7 Å². The van der Waals surface area contributed by atoms with Crippen LogP contribution in [0.25, 0.3) is 10.8 Å². The van der Waals surface area contributed by atoms with Crippen molar-refractivity contribution in [1.82, 2.24) is 4.90 Å². The molecule has 8 heteroatoms. The number of likely N-dealkylation sites (tertiary alicyclic amines) is 1. The largest absolute Gasteiger partial charge is 0.444 e. The maximum Gasteiger partial charge on any atom is 0.410 e. The van der Waals surface area contributed by atoms with Gasteiger partial charge in [-0.05, 0) is 64.2 Å². The summed E-state index contributed by atoms with van der Waals surface area (Å²) in [5, 5.41) is 4.79. The molecule has 3 amide bonds. The molecule has 188 valence electrons. The van der Waals surface area contributed by atoms with Crippen LogP contribution in [0.15, 0.2) is 30.3 Å². The summed E-state index contributed by atoms with van der Waals surface area (Å²) in [7, 11) is 1.65. The Kier molecular flexibility index (Phi) is 7.31. The van der Waals surface area contributed by atoms with Gasteiger partial charge in [0, 0.05) is 61.8 Å². The Balaban J connectivity index is 1.45. The van der Waals surface area contributed by atoms with Gasteiger partial charge in [0.25, 0.3) is 5.91 Å². The molecule has 1 unspecified atom stereocenters. The number of ether oxygens (including phenoxy) is 2. The van der Waals surface area contributed by atoms with Gasteiger partial charge in [-0.1, -0.05) is 12.1 Å². The lowest BCUT2D eigenvalue weighted by atomic mass is 9.94. The second kappa shape index (κ2) is 10.2. The number of methoxy groups -OCH3 is 1. The first kappa shape index (κ1) is 25.0.